The number of H-pyrrole nitrogens is 1. The first-order valence-corrected chi connectivity index (χ1v) is 15.7. The first-order valence-electron chi connectivity index (χ1n) is 15.7. The van der Waals surface area contributed by atoms with Crippen LogP contribution in [0.3, 0.4) is 0 Å². The zero-order valence-electron chi connectivity index (χ0n) is 24.4. The Morgan fingerprint density at radius 2 is 1.00 bits per heavy atom. The van der Waals surface area contributed by atoms with E-state index < -0.39 is 0 Å². The van der Waals surface area contributed by atoms with Gasteiger partial charge < -0.3 is 9.55 Å². The Hall–Kier alpha value is -5.86. The number of para-hydroxylation sites is 2. The standard InChI is InChI=1S/C43H26N2/c1-6-16-34-27(11-1)28-12-2-7-17-35(28)43(34)36-18-8-3-13-29(36)30-22-21-26(25-37(30)43)45-39-20-10-5-15-33(39)41-40(45)24-23-32-31-14-4-9-19-38(31)44-42(32)41/h1-25,44H. The summed E-state index contributed by atoms with van der Waals surface area (Å²) in [5.41, 5.74) is 16.4. The molecule has 0 radical (unpaired) electrons. The summed E-state index contributed by atoms with van der Waals surface area (Å²) in [7, 11) is 0. The number of rotatable bonds is 1. The molecule has 7 aromatic carbocycles. The minimum Gasteiger partial charge on any atom is -0.354 e. The van der Waals surface area contributed by atoms with E-state index in [0.717, 1.165) is 0 Å². The average Bonchev–Trinajstić information content (AvgIpc) is 3.81. The summed E-state index contributed by atoms with van der Waals surface area (Å²) in [4.78, 5) is 3.78. The summed E-state index contributed by atoms with van der Waals surface area (Å²) in [6, 6.07) is 56.3. The number of benzene rings is 7. The maximum atomic E-state index is 3.78. The number of hydrogen-bond donors (Lipinski definition) is 1. The van der Waals surface area contributed by atoms with Gasteiger partial charge in [0.2, 0.25) is 0 Å². The summed E-state index contributed by atoms with van der Waals surface area (Å²) in [5, 5.41) is 5.07. The van der Waals surface area contributed by atoms with Gasteiger partial charge in [0.25, 0.3) is 0 Å². The lowest BCUT2D eigenvalue weighted by molar-refractivity contribution is 0.792. The molecule has 0 saturated heterocycles. The highest BCUT2D eigenvalue weighted by molar-refractivity contribution is 6.25. The second-order valence-electron chi connectivity index (χ2n) is 12.5. The molecule has 2 heteroatoms. The number of aromatic amines is 1. The second kappa shape index (κ2) is 8.19. The lowest BCUT2D eigenvalue weighted by atomic mass is 9.70. The highest BCUT2D eigenvalue weighted by atomic mass is 15.0. The normalized spacial score (nSPS) is 14.0. The quantitative estimate of drug-likeness (QED) is 0.203. The van der Waals surface area contributed by atoms with Crippen LogP contribution in [0.4, 0.5) is 0 Å². The van der Waals surface area contributed by atoms with Gasteiger partial charge in [-0.05, 0) is 74.8 Å². The Kier molecular flexibility index (Phi) is 4.29. The molecular weight excluding hydrogens is 544 g/mol. The number of nitrogens with one attached hydrogen (secondary N) is 1. The van der Waals surface area contributed by atoms with Crippen molar-refractivity contribution >= 4 is 43.6 Å². The third-order valence-corrected chi connectivity index (χ3v) is 10.6. The third-order valence-electron chi connectivity index (χ3n) is 10.6. The van der Waals surface area contributed by atoms with Gasteiger partial charge in [0, 0.05) is 32.7 Å². The van der Waals surface area contributed by atoms with Crippen LogP contribution in [0.25, 0.3) is 71.6 Å². The zero-order valence-corrected chi connectivity index (χ0v) is 24.4. The van der Waals surface area contributed by atoms with Crippen LogP contribution >= 0.6 is 0 Å². The van der Waals surface area contributed by atoms with E-state index in [-0.39, 0.29) is 5.41 Å². The van der Waals surface area contributed by atoms with Crippen LogP contribution in [-0.4, -0.2) is 9.55 Å². The van der Waals surface area contributed by atoms with Gasteiger partial charge in [0.1, 0.15) is 0 Å². The Labute approximate surface area is 259 Å². The van der Waals surface area contributed by atoms with Crippen LogP contribution in [0, 0.1) is 0 Å². The van der Waals surface area contributed by atoms with Crippen LogP contribution < -0.4 is 0 Å². The lowest BCUT2D eigenvalue weighted by Gasteiger charge is -2.30. The van der Waals surface area contributed by atoms with Gasteiger partial charge in [-0.2, -0.15) is 0 Å². The van der Waals surface area contributed by atoms with E-state index in [1.807, 2.05) is 0 Å². The number of hydrogen-bond acceptors (Lipinski definition) is 0. The molecule has 45 heavy (non-hydrogen) atoms. The Balaban J connectivity index is 1.27. The van der Waals surface area contributed by atoms with E-state index in [4.69, 9.17) is 0 Å². The SMILES string of the molecule is c1ccc2c(c1)-c1ccccc1C21c2ccccc2-c2ccc(-n3c4ccccc4c4c5[nH]c6ccccc6c5ccc43)cc21. The molecule has 2 heterocycles. The van der Waals surface area contributed by atoms with Crippen LogP contribution in [0.15, 0.2) is 152 Å². The maximum absolute atomic E-state index is 3.78. The molecule has 0 saturated carbocycles. The molecule has 0 atom stereocenters. The average molecular weight is 571 g/mol. The summed E-state index contributed by atoms with van der Waals surface area (Å²) in [5.74, 6) is 0. The van der Waals surface area contributed by atoms with Gasteiger partial charge in [-0.1, -0.05) is 121 Å². The van der Waals surface area contributed by atoms with Crippen molar-refractivity contribution in [1.29, 1.82) is 0 Å². The topological polar surface area (TPSA) is 20.7 Å². The first-order chi connectivity index (χ1) is 22.3. The molecule has 1 spiro atoms. The van der Waals surface area contributed by atoms with Gasteiger partial charge in [-0.15, -0.1) is 0 Å². The van der Waals surface area contributed by atoms with Gasteiger partial charge in [-0.25, -0.2) is 0 Å². The minimum atomic E-state index is -0.363. The van der Waals surface area contributed by atoms with Crippen LogP contribution in [0.5, 0.6) is 0 Å². The number of fused-ring (bicyclic) bond motifs is 17. The Bertz CT molecular complexity index is 2650. The summed E-state index contributed by atoms with van der Waals surface area (Å²) in [6.07, 6.45) is 0. The highest BCUT2D eigenvalue weighted by Gasteiger charge is 2.51. The molecule has 0 unspecified atom stereocenters. The van der Waals surface area contributed by atoms with E-state index in [1.54, 1.807) is 0 Å². The van der Waals surface area contributed by atoms with Crippen LogP contribution in [0.1, 0.15) is 22.3 Å². The molecule has 1 N–H and O–H groups in total. The molecule has 208 valence electrons. The van der Waals surface area contributed by atoms with Crippen molar-refractivity contribution in [2.45, 2.75) is 5.41 Å². The van der Waals surface area contributed by atoms with Crippen molar-refractivity contribution in [3.63, 3.8) is 0 Å². The summed E-state index contributed by atoms with van der Waals surface area (Å²) < 4.78 is 2.47. The molecule has 2 aliphatic rings. The molecule has 0 amide bonds. The smallest absolute Gasteiger partial charge is 0.0726 e. The van der Waals surface area contributed by atoms with Crippen molar-refractivity contribution in [2.75, 3.05) is 0 Å². The summed E-state index contributed by atoms with van der Waals surface area (Å²) in [6.45, 7) is 0. The fourth-order valence-corrected chi connectivity index (χ4v) is 8.88. The van der Waals surface area contributed by atoms with Crippen molar-refractivity contribution in [3.8, 4) is 27.9 Å². The predicted octanol–water partition coefficient (Wildman–Crippen LogP) is 10.8. The van der Waals surface area contributed by atoms with E-state index in [9.17, 15) is 0 Å². The molecular formula is C43H26N2. The largest absolute Gasteiger partial charge is 0.354 e. The Morgan fingerprint density at radius 3 is 1.71 bits per heavy atom. The molecule has 0 aliphatic heterocycles. The van der Waals surface area contributed by atoms with E-state index in [1.165, 1.54) is 93.8 Å². The molecule has 0 fully saturated rings. The van der Waals surface area contributed by atoms with E-state index >= 15 is 0 Å². The van der Waals surface area contributed by atoms with Crippen molar-refractivity contribution in [2.24, 2.45) is 0 Å². The second-order valence-corrected chi connectivity index (χ2v) is 12.5. The van der Waals surface area contributed by atoms with Crippen molar-refractivity contribution < 1.29 is 0 Å². The fourth-order valence-electron chi connectivity index (χ4n) is 8.88. The summed E-state index contributed by atoms with van der Waals surface area (Å²) >= 11 is 0. The molecule has 2 aliphatic carbocycles. The fraction of sp³-hybridized carbons (Fsp3) is 0.0233. The van der Waals surface area contributed by atoms with E-state index in [0.29, 0.717) is 0 Å². The molecule has 2 nitrogen and oxygen atoms in total. The monoisotopic (exact) mass is 570 g/mol. The van der Waals surface area contributed by atoms with Gasteiger partial charge >= 0.3 is 0 Å². The minimum absolute atomic E-state index is 0.363. The molecule has 9 aromatic rings. The molecule has 2 aromatic heterocycles. The molecule has 11 rings (SSSR count). The lowest BCUT2D eigenvalue weighted by Crippen LogP contribution is -2.26. The first kappa shape index (κ1) is 23.6. The molecule has 0 bridgehead atoms. The van der Waals surface area contributed by atoms with Crippen LogP contribution in [-0.2, 0) is 5.41 Å². The highest BCUT2D eigenvalue weighted by Crippen LogP contribution is 2.63. The maximum Gasteiger partial charge on any atom is 0.0726 e. The van der Waals surface area contributed by atoms with E-state index in [2.05, 4.69) is 161 Å². The van der Waals surface area contributed by atoms with Crippen LogP contribution in [0.2, 0.25) is 0 Å². The third kappa shape index (κ3) is 2.73. The predicted molar refractivity (Wildman–Crippen MR) is 186 cm³/mol. The van der Waals surface area contributed by atoms with Crippen molar-refractivity contribution in [3.05, 3.63) is 174 Å². The zero-order chi connectivity index (χ0) is 29.3. The van der Waals surface area contributed by atoms with Gasteiger partial charge in [0.05, 0.1) is 22.0 Å². The Morgan fingerprint density at radius 1 is 0.422 bits per heavy atom. The van der Waals surface area contributed by atoms with Crippen molar-refractivity contribution in [1.82, 2.24) is 9.55 Å². The van der Waals surface area contributed by atoms with Gasteiger partial charge in [-0.3, -0.25) is 0 Å². The number of aromatic nitrogens is 2. The van der Waals surface area contributed by atoms with Gasteiger partial charge in [0.15, 0.2) is 0 Å². The number of nitrogens with zero attached hydrogens (tertiary/aromatic N) is 1.